The highest BCUT2D eigenvalue weighted by atomic mass is 79.9. The van der Waals surface area contributed by atoms with Gasteiger partial charge in [-0.15, -0.1) is 4.80 Å². The molecule has 5 rings (SSSR count). The van der Waals surface area contributed by atoms with E-state index in [1.807, 2.05) is 0 Å². The van der Waals surface area contributed by atoms with Crippen molar-refractivity contribution in [2.75, 3.05) is 14.1 Å². The number of rotatable bonds is 5. The Morgan fingerprint density at radius 2 is 1.36 bits per heavy atom. The van der Waals surface area contributed by atoms with Gasteiger partial charge in [-0.25, -0.2) is 19.6 Å². The second-order valence-electron chi connectivity index (χ2n) is 7.86. The summed E-state index contributed by atoms with van der Waals surface area (Å²) in [4.78, 5) is 29.7. The molecule has 0 spiro atoms. The van der Waals surface area contributed by atoms with Crippen LogP contribution in [0.25, 0.3) is 5.69 Å². The van der Waals surface area contributed by atoms with Gasteiger partial charge in [-0.1, -0.05) is 12.8 Å². The summed E-state index contributed by atoms with van der Waals surface area (Å²) in [5, 5.41) is 41.0. The van der Waals surface area contributed by atoms with Crippen LogP contribution in [0.15, 0.2) is 65.9 Å². The minimum atomic E-state index is -1.10. The predicted molar refractivity (Wildman–Crippen MR) is 146 cm³/mol. The topological polar surface area (TPSA) is 197 Å². The summed E-state index contributed by atoms with van der Waals surface area (Å²) < 4.78 is 0.502. The second kappa shape index (κ2) is 17.4. The monoisotopic (exact) mass is 602 g/mol. The number of carbonyl (C=O) groups is 2. The Bertz CT molecular complexity index is 1210. The molecule has 1 saturated carbocycles. The minimum Gasteiger partial charge on any atom is -0.476 e. The van der Waals surface area contributed by atoms with E-state index in [4.69, 9.17) is 10.2 Å². The summed E-state index contributed by atoms with van der Waals surface area (Å²) in [6.45, 7) is 0. The Labute approximate surface area is 233 Å². The highest BCUT2D eigenvalue weighted by Crippen LogP contribution is 2.17. The first-order valence-corrected chi connectivity index (χ1v) is 12.7. The molecule has 1 aliphatic carbocycles. The van der Waals surface area contributed by atoms with Crippen LogP contribution in [0.4, 0.5) is 0 Å². The summed E-state index contributed by atoms with van der Waals surface area (Å²) >= 11 is 3.05. The van der Waals surface area contributed by atoms with Crippen molar-refractivity contribution in [1.29, 1.82) is 0 Å². The molecule has 1 fully saturated rings. The number of H-pyrrole nitrogens is 1. The van der Waals surface area contributed by atoms with Crippen LogP contribution in [0, 0.1) is 0 Å². The van der Waals surface area contributed by atoms with Gasteiger partial charge in [0.25, 0.3) is 0 Å². The second-order valence-corrected chi connectivity index (χ2v) is 8.72. The number of nitrogens with one attached hydrogen (secondary N) is 3. The van der Waals surface area contributed by atoms with E-state index in [1.54, 1.807) is 36.7 Å². The van der Waals surface area contributed by atoms with Gasteiger partial charge in [0.05, 0.1) is 29.3 Å². The smallest absolute Gasteiger partial charge is 0.356 e. The first kappa shape index (κ1) is 31.1. The molecule has 208 valence electrons. The van der Waals surface area contributed by atoms with Crippen molar-refractivity contribution in [1.82, 2.24) is 51.0 Å². The number of pyridine rings is 2. The highest BCUT2D eigenvalue weighted by Gasteiger charge is 2.21. The van der Waals surface area contributed by atoms with E-state index in [2.05, 4.69) is 76.2 Å². The molecule has 4 aromatic rings. The molecule has 0 aliphatic heterocycles. The lowest BCUT2D eigenvalue weighted by atomic mass is 9.91. The number of carboxylic acid groups (broad SMARTS) is 2. The van der Waals surface area contributed by atoms with Gasteiger partial charge >= 0.3 is 11.9 Å². The molecule has 1 aliphatic rings. The number of aromatic amines is 1. The molecule has 0 aromatic carbocycles. The van der Waals surface area contributed by atoms with Gasteiger partial charge in [0.15, 0.2) is 11.4 Å². The zero-order valence-electron chi connectivity index (χ0n) is 21.5. The van der Waals surface area contributed by atoms with Crippen LogP contribution < -0.4 is 10.6 Å². The normalized spacial score (nSPS) is 15.8. The van der Waals surface area contributed by atoms with Gasteiger partial charge in [-0.05, 0) is 67.1 Å². The third kappa shape index (κ3) is 10.7. The summed E-state index contributed by atoms with van der Waals surface area (Å²) in [7, 11) is 4.11. The van der Waals surface area contributed by atoms with Crippen molar-refractivity contribution in [3.05, 3.63) is 77.3 Å². The number of halogens is 1. The number of aromatic carboxylic acids is 2. The van der Waals surface area contributed by atoms with Crippen molar-refractivity contribution in [2.24, 2.45) is 0 Å². The number of hydrogen-bond acceptors (Lipinski definition) is 10. The van der Waals surface area contributed by atoms with Crippen molar-refractivity contribution in [2.45, 2.75) is 37.8 Å². The summed E-state index contributed by atoms with van der Waals surface area (Å²) in [6, 6.07) is 7.94. The average Bonchev–Trinajstić information content (AvgIpc) is 3.72. The van der Waals surface area contributed by atoms with Gasteiger partial charge in [0.2, 0.25) is 0 Å². The molecule has 0 amide bonds. The number of carboxylic acids is 2. The predicted octanol–water partition coefficient (Wildman–Crippen LogP) is 2.44. The Hall–Kier alpha value is -4.08. The molecule has 4 heterocycles. The first-order chi connectivity index (χ1) is 18.9. The van der Waals surface area contributed by atoms with Crippen molar-refractivity contribution in [3.8, 4) is 5.69 Å². The number of nitrogens with zero attached hydrogens (tertiary/aromatic N) is 7. The van der Waals surface area contributed by atoms with Crippen LogP contribution in [0.2, 0.25) is 0 Å². The fourth-order valence-electron chi connectivity index (χ4n) is 3.59. The highest BCUT2D eigenvalue weighted by molar-refractivity contribution is 9.10. The molecule has 0 saturated heterocycles. The molecule has 2 atom stereocenters. The number of likely N-dealkylation sites (N-methyl/N-ethyl adjacent to an activating group) is 2. The van der Waals surface area contributed by atoms with Gasteiger partial charge in [-0.3, -0.25) is 0 Å². The van der Waals surface area contributed by atoms with Crippen LogP contribution >= 0.6 is 15.9 Å². The third-order valence-electron chi connectivity index (χ3n) is 5.42. The SMILES string of the molecule is CNC1CCCCC1NC.O=C(O)c1ncccc1-n1nccn1.O=C(O)c1ncccc1Br.c1cn[nH]n1. The largest absolute Gasteiger partial charge is 0.476 e. The Morgan fingerprint density at radius 1 is 0.846 bits per heavy atom. The fourth-order valence-corrected chi connectivity index (χ4v) is 4.02. The molecule has 4 aromatic heterocycles. The summed E-state index contributed by atoms with van der Waals surface area (Å²) in [5.41, 5.74) is 0.330. The standard InChI is InChI=1S/C8H6N4O2.C8H18N2.C6H4BrNO2.C2H3N3/c13-8(14)7-6(2-1-3-9-7)12-10-4-5-11-12;1-9-7-5-3-4-6-8(7)10-2;7-4-2-1-3-8-5(4)6(9)10;1-2-4-5-3-1/h1-5H,(H,13,14);7-10H,3-6H2,1-2H3;1-3H,(H,9,10);1-2H,(H,3,4,5). The molecule has 15 heteroatoms. The van der Waals surface area contributed by atoms with Gasteiger partial charge in [-0.2, -0.15) is 25.6 Å². The van der Waals surface area contributed by atoms with E-state index in [1.165, 1.54) is 55.3 Å². The molecule has 39 heavy (non-hydrogen) atoms. The molecule has 0 bridgehead atoms. The maximum atomic E-state index is 10.8. The Balaban J connectivity index is 0.000000192. The number of hydrogen-bond donors (Lipinski definition) is 5. The van der Waals surface area contributed by atoms with Crippen LogP contribution in [0.3, 0.4) is 0 Å². The van der Waals surface area contributed by atoms with Crippen LogP contribution in [0.5, 0.6) is 0 Å². The van der Waals surface area contributed by atoms with Crippen LogP contribution in [-0.2, 0) is 0 Å². The third-order valence-corrected chi connectivity index (χ3v) is 6.06. The molecule has 0 radical (unpaired) electrons. The van der Waals surface area contributed by atoms with E-state index in [-0.39, 0.29) is 11.4 Å². The maximum Gasteiger partial charge on any atom is 0.356 e. The average molecular weight is 603 g/mol. The van der Waals surface area contributed by atoms with E-state index in [9.17, 15) is 9.59 Å². The molecular weight excluding hydrogens is 572 g/mol. The lowest BCUT2D eigenvalue weighted by molar-refractivity contribution is 0.0679. The van der Waals surface area contributed by atoms with Crippen molar-refractivity contribution in [3.63, 3.8) is 0 Å². The zero-order valence-corrected chi connectivity index (χ0v) is 23.1. The lowest BCUT2D eigenvalue weighted by Gasteiger charge is -2.30. The fraction of sp³-hybridized carbons (Fsp3) is 0.333. The van der Waals surface area contributed by atoms with E-state index in [0.717, 1.165) is 0 Å². The van der Waals surface area contributed by atoms with Crippen LogP contribution in [-0.4, -0.2) is 88.7 Å². The van der Waals surface area contributed by atoms with E-state index < -0.39 is 11.9 Å². The Morgan fingerprint density at radius 3 is 1.77 bits per heavy atom. The Kier molecular flexibility index (Phi) is 13.9. The van der Waals surface area contributed by atoms with Gasteiger partial charge in [0, 0.05) is 24.5 Å². The van der Waals surface area contributed by atoms with Gasteiger partial charge < -0.3 is 20.8 Å². The summed E-state index contributed by atoms with van der Waals surface area (Å²) in [5.74, 6) is -2.12. The summed E-state index contributed by atoms with van der Waals surface area (Å²) in [6.07, 6.45) is 14.4. The van der Waals surface area contributed by atoms with Crippen molar-refractivity contribution >= 4 is 27.9 Å². The van der Waals surface area contributed by atoms with Crippen molar-refractivity contribution < 1.29 is 19.8 Å². The quantitative estimate of drug-likeness (QED) is 0.224. The molecule has 5 N–H and O–H groups in total. The van der Waals surface area contributed by atoms with Gasteiger partial charge in [0.1, 0.15) is 5.69 Å². The zero-order chi connectivity index (χ0) is 28.5. The number of aromatic nitrogens is 8. The minimum absolute atomic E-state index is 0.0440. The van der Waals surface area contributed by atoms with E-state index >= 15 is 0 Å². The molecular formula is C24H31BrN10O4. The van der Waals surface area contributed by atoms with Crippen LogP contribution in [0.1, 0.15) is 46.7 Å². The maximum absolute atomic E-state index is 10.8. The molecule has 14 nitrogen and oxygen atoms in total. The molecule has 2 unspecified atom stereocenters. The van der Waals surface area contributed by atoms with E-state index in [0.29, 0.717) is 22.2 Å². The lowest BCUT2D eigenvalue weighted by Crippen LogP contribution is -2.47. The first-order valence-electron chi connectivity index (χ1n) is 11.9.